The zero-order valence-electron chi connectivity index (χ0n) is 19.1. The molecule has 172 valence electrons. The molecule has 6 heteroatoms. The summed E-state index contributed by atoms with van der Waals surface area (Å²) in [5.74, 6) is -0.549. The van der Waals surface area contributed by atoms with Gasteiger partial charge in [-0.1, -0.05) is 51.3 Å². The highest BCUT2D eigenvalue weighted by Crippen LogP contribution is 2.26. The molecule has 1 fully saturated rings. The smallest absolute Gasteiger partial charge is 0.254 e. The second-order valence-corrected chi connectivity index (χ2v) is 9.56. The van der Waals surface area contributed by atoms with E-state index < -0.39 is 5.82 Å². The number of hydrogen-bond acceptors (Lipinski definition) is 3. The van der Waals surface area contributed by atoms with Crippen LogP contribution in [0.4, 0.5) is 10.1 Å². The van der Waals surface area contributed by atoms with E-state index >= 15 is 0 Å². The van der Waals surface area contributed by atoms with Crippen molar-refractivity contribution in [3.63, 3.8) is 0 Å². The average molecular weight is 440 g/mol. The van der Waals surface area contributed by atoms with Crippen LogP contribution in [0.15, 0.2) is 48.5 Å². The van der Waals surface area contributed by atoms with Crippen LogP contribution in [0.2, 0.25) is 0 Å². The Bertz CT molecular complexity index is 938. The van der Waals surface area contributed by atoms with Crippen molar-refractivity contribution >= 4 is 17.5 Å². The summed E-state index contributed by atoms with van der Waals surface area (Å²) in [5, 5.41) is 3.04. The van der Waals surface area contributed by atoms with Gasteiger partial charge in [0.1, 0.15) is 5.82 Å². The van der Waals surface area contributed by atoms with Crippen molar-refractivity contribution < 1.29 is 14.0 Å². The third-order valence-corrected chi connectivity index (χ3v) is 6.07. The van der Waals surface area contributed by atoms with Crippen LogP contribution in [0.25, 0.3) is 0 Å². The molecule has 0 bridgehead atoms. The van der Waals surface area contributed by atoms with Crippen molar-refractivity contribution in [2.75, 3.05) is 18.4 Å². The third kappa shape index (κ3) is 6.63. The number of carbonyl (C=O) groups is 2. The predicted molar refractivity (Wildman–Crippen MR) is 126 cm³/mol. The van der Waals surface area contributed by atoms with Crippen molar-refractivity contribution in [3.8, 4) is 0 Å². The van der Waals surface area contributed by atoms with Gasteiger partial charge in [-0.15, -0.1) is 0 Å². The van der Waals surface area contributed by atoms with Gasteiger partial charge in [0.2, 0.25) is 5.91 Å². The summed E-state index contributed by atoms with van der Waals surface area (Å²) < 4.78 is 13.7. The van der Waals surface area contributed by atoms with Crippen LogP contribution in [0.3, 0.4) is 0 Å². The molecule has 1 aliphatic rings. The summed E-state index contributed by atoms with van der Waals surface area (Å²) in [7, 11) is 0. The fourth-order valence-corrected chi connectivity index (χ4v) is 4.16. The highest BCUT2D eigenvalue weighted by molar-refractivity contribution is 5.94. The minimum absolute atomic E-state index is 0.0683. The Kier molecular flexibility index (Phi) is 8.02. The van der Waals surface area contributed by atoms with E-state index in [4.69, 9.17) is 5.73 Å². The Balaban J connectivity index is 1.77. The molecule has 0 radical (unpaired) electrons. The minimum atomic E-state index is -0.443. The highest BCUT2D eigenvalue weighted by Gasteiger charge is 2.25. The Morgan fingerprint density at radius 3 is 2.50 bits per heavy atom. The molecule has 0 spiro atoms. The second kappa shape index (κ2) is 10.7. The molecule has 0 atom stereocenters. The molecule has 1 saturated carbocycles. The number of anilines is 1. The van der Waals surface area contributed by atoms with Gasteiger partial charge in [-0.3, -0.25) is 9.59 Å². The van der Waals surface area contributed by atoms with Gasteiger partial charge in [0.25, 0.3) is 5.91 Å². The molecule has 2 aromatic carbocycles. The first-order valence-corrected chi connectivity index (χ1v) is 11.4. The molecule has 0 aromatic heterocycles. The molecule has 2 aromatic rings. The van der Waals surface area contributed by atoms with Crippen molar-refractivity contribution in [1.29, 1.82) is 0 Å². The van der Waals surface area contributed by atoms with E-state index in [2.05, 4.69) is 5.32 Å². The van der Waals surface area contributed by atoms with E-state index in [-0.39, 0.29) is 23.1 Å². The standard InChI is InChI=1S/C26H34FN3O2/c1-26(2,17-28)18-30(25(32)21-11-7-12-22(27)15-21)16-19-8-6-13-23(14-19)29-24(31)20-9-4-3-5-10-20/h6-8,11-15,20H,3-5,9-10,16-18,28H2,1-2H3,(H,29,31). The molecule has 2 amide bonds. The van der Waals surface area contributed by atoms with Gasteiger partial charge in [-0.25, -0.2) is 4.39 Å². The number of hydrogen-bond donors (Lipinski definition) is 2. The monoisotopic (exact) mass is 439 g/mol. The molecule has 0 unspecified atom stereocenters. The number of nitrogens with one attached hydrogen (secondary N) is 1. The number of carbonyl (C=O) groups excluding carboxylic acids is 2. The Hall–Kier alpha value is -2.73. The van der Waals surface area contributed by atoms with Crippen LogP contribution in [-0.2, 0) is 11.3 Å². The molecular formula is C26H34FN3O2. The topological polar surface area (TPSA) is 75.4 Å². The maximum atomic E-state index is 13.7. The van der Waals surface area contributed by atoms with Crippen molar-refractivity contribution in [2.24, 2.45) is 17.1 Å². The zero-order chi connectivity index (χ0) is 23.1. The third-order valence-electron chi connectivity index (χ3n) is 6.07. The van der Waals surface area contributed by atoms with Crippen molar-refractivity contribution in [1.82, 2.24) is 4.90 Å². The van der Waals surface area contributed by atoms with Gasteiger partial charge in [0, 0.05) is 30.3 Å². The van der Waals surface area contributed by atoms with Crippen LogP contribution >= 0.6 is 0 Å². The number of amides is 2. The molecule has 1 aliphatic carbocycles. The summed E-state index contributed by atoms with van der Waals surface area (Å²) in [6.45, 7) is 5.18. The van der Waals surface area contributed by atoms with Gasteiger partial charge in [-0.2, -0.15) is 0 Å². The maximum absolute atomic E-state index is 13.7. The summed E-state index contributed by atoms with van der Waals surface area (Å²) in [6, 6.07) is 13.3. The SMILES string of the molecule is CC(C)(CN)CN(Cc1cccc(NC(=O)C2CCCCC2)c1)C(=O)c1cccc(F)c1. The molecule has 5 nitrogen and oxygen atoms in total. The average Bonchev–Trinajstić information content (AvgIpc) is 2.79. The maximum Gasteiger partial charge on any atom is 0.254 e. The number of nitrogens with two attached hydrogens (primary N) is 1. The molecule has 0 heterocycles. The van der Waals surface area contributed by atoms with Gasteiger partial charge >= 0.3 is 0 Å². The van der Waals surface area contributed by atoms with E-state index in [1.165, 1.54) is 24.6 Å². The Labute approximate surface area is 190 Å². The van der Waals surface area contributed by atoms with Gasteiger partial charge < -0.3 is 16.0 Å². The lowest BCUT2D eigenvalue weighted by Crippen LogP contribution is -2.41. The molecule has 0 saturated heterocycles. The predicted octanol–water partition coefficient (Wildman–Crippen LogP) is 4.97. The van der Waals surface area contributed by atoms with Crippen LogP contribution < -0.4 is 11.1 Å². The van der Waals surface area contributed by atoms with E-state index in [1.807, 2.05) is 38.1 Å². The molecule has 0 aliphatic heterocycles. The van der Waals surface area contributed by atoms with E-state index in [0.29, 0.717) is 25.2 Å². The summed E-state index contributed by atoms with van der Waals surface area (Å²) >= 11 is 0. The number of rotatable bonds is 8. The first-order valence-electron chi connectivity index (χ1n) is 11.4. The number of nitrogens with zero attached hydrogens (tertiary/aromatic N) is 1. The summed E-state index contributed by atoms with van der Waals surface area (Å²) in [4.78, 5) is 27.5. The Morgan fingerprint density at radius 1 is 1.09 bits per heavy atom. The minimum Gasteiger partial charge on any atom is -0.334 e. The van der Waals surface area contributed by atoms with Crippen LogP contribution in [-0.4, -0.2) is 29.8 Å². The van der Waals surface area contributed by atoms with Gasteiger partial charge in [-0.05, 0) is 60.7 Å². The largest absolute Gasteiger partial charge is 0.334 e. The molecule has 3 rings (SSSR count). The first kappa shape index (κ1) is 23.9. The number of halogens is 1. The first-order chi connectivity index (χ1) is 15.3. The lowest BCUT2D eigenvalue weighted by molar-refractivity contribution is -0.120. The lowest BCUT2D eigenvalue weighted by atomic mass is 9.88. The molecule has 3 N–H and O–H groups in total. The quantitative estimate of drug-likeness (QED) is 0.610. The van der Waals surface area contributed by atoms with E-state index in [9.17, 15) is 14.0 Å². The summed E-state index contributed by atoms with van der Waals surface area (Å²) in [5.41, 5.74) is 7.55. The molecule has 32 heavy (non-hydrogen) atoms. The van der Waals surface area contributed by atoms with Crippen LogP contribution in [0.5, 0.6) is 0 Å². The van der Waals surface area contributed by atoms with Crippen LogP contribution in [0, 0.1) is 17.2 Å². The fourth-order valence-electron chi connectivity index (χ4n) is 4.16. The van der Waals surface area contributed by atoms with Crippen molar-refractivity contribution in [3.05, 3.63) is 65.5 Å². The van der Waals surface area contributed by atoms with Gasteiger partial charge in [0.05, 0.1) is 0 Å². The lowest BCUT2D eigenvalue weighted by Gasteiger charge is -2.32. The fraction of sp³-hybridized carbons (Fsp3) is 0.462. The van der Waals surface area contributed by atoms with E-state index in [1.54, 1.807) is 11.0 Å². The van der Waals surface area contributed by atoms with Crippen molar-refractivity contribution in [2.45, 2.75) is 52.5 Å². The molecular weight excluding hydrogens is 405 g/mol. The van der Waals surface area contributed by atoms with Gasteiger partial charge in [0.15, 0.2) is 0 Å². The van der Waals surface area contributed by atoms with Crippen LogP contribution in [0.1, 0.15) is 61.9 Å². The normalized spacial score (nSPS) is 14.8. The second-order valence-electron chi connectivity index (χ2n) is 9.56. The zero-order valence-corrected chi connectivity index (χ0v) is 19.1. The highest BCUT2D eigenvalue weighted by atomic mass is 19.1. The number of benzene rings is 2. The Morgan fingerprint density at radius 2 is 1.81 bits per heavy atom. The van der Waals surface area contributed by atoms with E-state index in [0.717, 1.165) is 36.9 Å². The summed E-state index contributed by atoms with van der Waals surface area (Å²) in [6.07, 6.45) is 5.29.